The summed E-state index contributed by atoms with van der Waals surface area (Å²) >= 11 is 0. The molecule has 0 N–H and O–H groups in total. The molecule has 3 heterocycles. The molecule has 0 amide bonds. The Labute approximate surface area is 147 Å². The lowest BCUT2D eigenvalue weighted by atomic mass is 10.1. The van der Waals surface area contributed by atoms with Crippen molar-refractivity contribution in [1.29, 1.82) is 0 Å². The lowest BCUT2D eigenvalue weighted by Gasteiger charge is -2.26. The Hall–Kier alpha value is -2.44. The van der Waals surface area contributed by atoms with Crippen LogP contribution in [0.25, 0.3) is 16.8 Å². The number of rotatable bonds is 5. The van der Waals surface area contributed by atoms with Gasteiger partial charge in [0.1, 0.15) is 18.7 Å². The first-order chi connectivity index (χ1) is 12.3. The summed E-state index contributed by atoms with van der Waals surface area (Å²) in [5.41, 5.74) is 4.17. The van der Waals surface area contributed by atoms with Crippen LogP contribution in [0.4, 0.5) is 0 Å². The molecule has 0 atom stereocenters. The van der Waals surface area contributed by atoms with E-state index in [-0.39, 0.29) is 0 Å². The van der Waals surface area contributed by atoms with Crippen LogP contribution in [0, 0.1) is 6.92 Å². The van der Waals surface area contributed by atoms with Gasteiger partial charge in [-0.3, -0.25) is 9.30 Å². The highest BCUT2D eigenvalue weighted by Gasteiger charge is 2.10. The number of hydrogen-bond acceptors (Lipinski definition) is 5. The van der Waals surface area contributed by atoms with Gasteiger partial charge in [0.05, 0.1) is 19.4 Å². The summed E-state index contributed by atoms with van der Waals surface area (Å²) in [6, 6.07) is 6.27. The summed E-state index contributed by atoms with van der Waals surface area (Å²) in [6.07, 6.45) is 7.44. The lowest BCUT2D eigenvalue weighted by Crippen LogP contribution is -2.38. The molecule has 1 saturated heterocycles. The van der Waals surface area contributed by atoms with Crippen LogP contribution in [0.2, 0.25) is 0 Å². The molecule has 130 valence electrons. The van der Waals surface area contributed by atoms with E-state index < -0.39 is 0 Å². The van der Waals surface area contributed by atoms with Gasteiger partial charge in [-0.05, 0) is 30.2 Å². The highest BCUT2D eigenvalue weighted by molar-refractivity contribution is 5.65. The first-order valence-corrected chi connectivity index (χ1v) is 8.61. The number of imidazole rings is 1. The fraction of sp³-hybridized carbons (Fsp3) is 0.368. The monoisotopic (exact) mass is 338 g/mol. The third-order valence-corrected chi connectivity index (χ3v) is 4.54. The molecule has 0 aliphatic carbocycles. The minimum Gasteiger partial charge on any atom is -0.492 e. The van der Waals surface area contributed by atoms with Crippen LogP contribution in [-0.4, -0.2) is 58.7 Å². The van der Waals surface area contributed by atoms with E-state index in [0.29, 0.717) is 6.61 Å². The third kappa shape index (κ3) is 3.65. The fourth-order valence-electron chi connectivity index (χ4n) is 3.07. The molecule has 0 bridgehead atoms. The van der Waals surface area contributed by atoms with E-state index in [0.717, 1.165) is 60.9 Å². The summed E-state index contributed by atoms with van der Waals surface area (Å²) in [5, 5.41) is 0. The number of hydrogen-bond donors (Lipinski definition) is 0. The Morgan fingerprint density at radius 2 is 2.04 bits per heavy atom. The SMILES string of the molecule is Cc1cc(-c2cnc3cncn3c2)ccc1OCCN1CCOCC1. The molecular formula is C19H22N4O2. The van der Waals surface area contributed by atoms with Crippen LogP contribution >= 0.6 is 0 Å². The predicted octanol–water partition coefficient (Wildman–Crippen LogP) is 2.42. The van der Waals surface area contributed by atoms with Crippen molar-refractivity contribution in [1.82, 2.24) is 19.3 Å². The largest absolute Gasteiger partial charge is 0.492 e. The quantitative estimate of drug-likeness (QED) is 0.715. The molecule has 2 aromatic heterocycles. The molecule has 0 spiro atoms. The highest BCUT2D eigenvalue weighted by atomic mass is 16.5. The first-order valence-electron chi connectivity index (χ1n) is 8.61. The number of morpholine rings is 1. The van der Waals surface area contributed by atoms with Crippen LogP contribution in [-0.2, 0) is 4.74 Å². The second-order valence-corrected chi connectivity index (χ2v) is 6.28. The smallest absolute Gasteiger partial charge is 0.156 e. The van der Waals surface area contributed by atoms with Gasteiger partial charge in [0, 0.05) is 37.6 Å². The summed E-state index contributed by atoms with van der Waals surface area (Å²) in [4.78, 5) is 10.9. The molecule has 4 rings (SSSR count). The zero-order valence-corrected chi connectivity index (χ0v) is 14.4. The number of nitrogens with zero attached hydrogens (tertiary/aromatic N) is 4. The van der Waals surface area contributed by atoms with Crippen molar-refractivity contribution >= 4 is 5.65 Å². The van der Waals surface area contributed by atoms with Crippen LogP contribution in [0.1, 0.15) is 5.56 Å². The van der Waals surface area contributed by atoms with Crippen molar-refractivity contribution in [2.45, 2.75) is 6.92 Å². The number of benzene rings is 1. The van der Waals surface area contributed by atoms with Gasteiger partial charge in [-0.25, -0.2) is 9.97 Å². The Morgan fingerprint density at radius 3 is 2.88 bits per heavy atom. The Morgan fingerprint density at radius 1 is 1.16 bits per heavy atom. The first kappa shape index (κ1) is 16.1. The maximum atomic E-state index is 5.97. The average Bonchev–Trinajstić information content (AvgIpc) is 3.11. The maximum absolute atomic E-state index is 5.97. The minimum atomic E-state index is 0.697. The van der Waals surface area contributed by atoms with Crippen molar-refractivity contribution < 1.29 is 9.47 Å². The van der Waals surface area contributed by atoms with Crippen molar-refractivity contribution in [2.75, 3.05) is 39.5 Å². The van der Waals surface area contributed by atoms with Crippen LogP contribution in [0.15, 0.2) is 43.1 Å². The highest BCUT2D eigenvalue weighted by Crippen LogP contribution is 2.26. The van der Waals surface area contributed by atoms with Gasteiger partial charge < -0.3 is 9.47 Å². The van der Waals surface area contributed by atoms with E-state index in [1.54, 1.807) is 12.5 Å². The number of ether oxygens (including phenoxy) is 2. The number of aromatic nitrogens is 3. The van der Waals surface area contributed by atoms with Gasteiger partial charge in [-0.1, -0.05) is 6.07 Å². The molecule has 0 saturated carbocycles. The standard InChI is InChI=1S/C19H22N4O2/c1-15-10-16(17-11-21-19-12-20-14-23(19)13-17)2-3-18(15)25-9-6-22-4-7-24-8-5-22/h2-3,10-14H,4-9H2,1H3. The van der Waals surface area contributed by atoms with E-state index in [2.05, 4.69) is 33.9 Å². The lowest BCUT2D eigenvalue weighted by molar-refractivity contribution is 0.0322. The van der Waals surface area contributed by atoms with Crippen molar-refractivity contribution in [3.05, 3.63) is 48.7 Å². The number of fused-ring (bicyclic) bond motifs is 1. The Kier molecular flexibility index (Phi) is 4.63. The van der Waals surface area contributed by atoms with Gasteiger partial charge in [-0.2, -0.15) is 0 Å². The van der Waals surface area contributed by atoms with Gasteiger partial charge in [0.2, 0.25) is 0 Å². The molecule has 3 aromatic rings. The van der Waals surface area contributed by atoms with Crippen LogP contribution in [0.5, 0.6) is 5.75 Å². The maximum Gasteiger partial charge on any atom is 0.156 e. The van der Waals surface area contributed by atoms with E-state index in [1.165, 1.54) is 0 Å². The molecule has 25 heavy (non-hydrogen) atoms. The average molecular weight is 338 g/mol. The zero-order valence-electron chi connectivity index (χ0n) is 14.4. The van der Waals surface area contributed by atoms with Crippen molar-refractivity contribution in [2.24, 2.45) is 0 Å². The van der Waals surface area contributed by atoms with Gasteiger partial charge in [-0.15, -0.1) is 0 Å². The van der Waals surface area contributed by atoms with Crippen molar-refractivity contribution in [3.63, 3.8) is 0 Å². The van der Waals surface area contributed by atoms with E-state index in [1.807, 2.05) is 22.9 Å². The van der Waals surface area contributed by atoms with E-state index in [9.17, 15) is 0 Å². The summed E-state index contributed by atoms with van der Waals surface area (Å²) in [5.74, 6) is 0.939. The van der Waals surface area contributed by atoms with Crippen molar-refractivity contribution in [3.8, 4) is 16.9 Å². The summed E-state index contributed by atoms with van der Waals surface area (Å²) in [7, 11) is 0. The van der Waals surface area contributed by atoms with E-state index >= 15 is 0 Å². The molecule has 0 unspecified atom stereocenters. The van der Waals surface area contributed by atoms with Gasteiger partial charge in [0.15, 0.2) is 5.65 Å². The Bertz CT molecular complexity index is 856. The zero-order chi connectivity index (χ0) is 17.1. The van der Waals surface area contributed by atoms with Gasteiger partial charge in [0.25, 0.3) is 0 Å². The summed E-state index contributed by atoms with van der Waals surface area (Å²) in [6.45, 7) is 7.34. The molecule has 6 nitrogen and oxygen atoms in total. The Balaban J connectivity index is 1.42. The molecule has 1 aromatic carbocycles. The second kappa shape index (κ2) is 7.21. The minimum absolute atomic E-state index is 0.697. The van der Waals surface area contributed by atoms with Crippen LogP contribution in [0.3, 0.4) is 0 Å². The molecule has 1 aliphatic heterocycles. The molecule has 1 aliphatic rings. The second-order valence-electron chi connectivity index (χ2n) is 6.28. The molecule has 0 radical (unpaired) electrons. The topological polar surface area (TPSA) is 51.9 Å². The summed E-state index contributed by atoms with van der Waals surface area (Å²) < 4.78 is 13.3. The molecule has 1 fully saturated rings. The number of aryl methyl sites for hydroxylation is 1. The molecule has 6 heteroatoms. The van der Waals surface area contributed by atoms with Gasteiger partial charge >= 0.3 is 0 Å². The van der Waals surface area contributed by atoms with Crippen LogP contribution < -0.4 is 4.74 Å². The van der Waals surface area contributed by atoms with E-state index in [4.69, 9.17) is 9.47 Å². The normalized spacial score (nSPS) is 15.6. The molecular weight excluding hydrogens is 316 g/mol. The third-order valence-electron chi connectivity index (χ3n) is 4.54. The predicted molar refractivity (Wildman–Crippen MR) is 95.9 cm³/mol. The fourth-order valence-corrected chi connectivity index (χ4v) is 3.07.